The minimum absolute atomic E-state index is 0.145. The van der Waals surface area contributed by atoms with Crippen LogP contribution in [0.1, 0.15) is 11.1 Å². The van der Waals surface area contributed by atoms with E-state index in [0.29, 0.717) is 5.56 Å². The van der Waals surface area contributed by atoms with Gasteiger partial charge in [-0.05, 0) is 54.8 Å². The van der Waals surface area contributed by atoms with Crippen LogP contribution in [0.4, 0.5) is 5.69 Å². The van der Waals surface area contributed by atoms with Crippen molar-refractivity contribution in [3.63, 3.8) is 0 Å². The Balaban J connectivity index is 1.96. The molecule has 3 aromatic rings. The first-order chi connectivity index (χ1) is 10.7. The largest absolute Gasteiger partial charge is 0.497 e. The van der Waals surface area contributed by atoms with Crippen LogP contribution in [-0.4, -0.2) is 18.3 Å². The van der Waals surface area contributed by atoms with Crippen LogP contribution in [0.3, 0.4) is 0 Å². The number of fused-ring (bicyclic) bond motifs is 1. The molecule has 3 rings (SSSR count). The van der Waals surface area contributed by atoms with Crippen molar-refractivity contribution in [2.24, 2.45) is 4.99 Å². The minimum atomic E-state index is -0.145. The van der Waals surface area contributed by atoms with Gasteiger partial charge in [0.05, 0.1) is 18.4 Å². The molecule has 0 saturated carbocycles. The molecule has 0 aliphatic carbocycles. The zero-order valence-electron chi connectivity index (χ0n) is 12.5. The Morgan fingerprint density at radius 2 is 1.86 bits per heavy atom. The average Bonchev–Trinajstić information content (AvgIpc) is 2.54. The van der Waals surface area contributed by atoms with Gasteiger partial charge >= 0.3 is 0 Å². The van der Waals surface area contributed by atoms with Crippen LogP contribution < -0.4 is 10.3 Å². The normalized spacial score (nSPS) is 11.2. The summed E-state index contributed by atoms with van der Waals surface area (Å²) in [5, 5.41) is 0.996. The predicted molar refractivity (Wildman–Crippen MR) is 89.6 cm³/mol. The average molecular weight is 292 g/mol. The van der Waals surface area contributed by atoms with Gasteiger partial charge in [0, 0.05) is 11.7 Å². The molecule has 0 saturated heterocycles. The number of hydrogen-bond donors (Lipinski definition) is 1. The summed E-state index contributed by atoms with van der Waals surface area (Å²) in [6.07, 6.45) is 1.59. The smallest absolute Gasteiger partial charge is 0.257 e. The number of hydrogen-bond acceptors (Lipinski definition) is 3. The van der Waals surface area contributed by atoms with Gasteiger partial charge in [-0.1, -0.05) is 11.6 Å². The van der Waals surface area contributed by atoms with Crippen LogP contribution in [0.25, 0.3) is 10.9 Å². The van der Waals surface area contributed by atoms with E-state index >= 15 is 0 Å². The predicted octanol–water partition coefficient (Wildman–Crippen LogP) is 3.60. The third kappa shape index (κ3) is 2.91. The van der Waals surface area contributed by atoms with Crippen molar-refractivity contribution in [2.45, 2.75) is 6.92 Å². The number of pyridine rings is 1. The van der Waals surface area contributed by atoms with Crippen LogP contribution in [0.15, 0.2) is 58.3 Å². The van der Waals surface area contributed by atoms with Crippen molar-refractivity contribution < 1.29 is 4.74 Å². The summed E-state index contributed by atoms with van der Waals surface area (Å²) >= 11 is 0. The van der Waals surface area contributed by atoms with E-state index in [1.807, 2.05) is 55.5 Å². The number of aromatic amines is 1. The minimum Gasteiger partial charge on any atom is -0.497 e. The van der Waals surface area contributed by atoms with E-state index in [1.165, 1.54) is 0 Å². The first kappa shape index (κ1) is 14.1. The van der Waals surface area contributed by atoms with Crippen LogP contribution in [-0.2, 0) is 0 Å². The van der Waals surface area contributed by atoms with Gasteiger partial charge in [0.25, 0.3) is 5.56 Å². The van der Waals surface area contributed by atoms with Crippen LogP contribution >= 0.6 is 0 Å². The Bertz CT molecular complexity index is 893. The number of H-pyrrole nitrogens is 1. The van der Waals surface area contributed by atoms with Crippen LogP contribution in [0.5, 0.6) is 5.75 Å². The lowest BCUT2D eigenvalue weighted by atomic mass is 10.1. The number of ether oxygens (including phenoxy) is 1. The number of benzene rings is 2. The van der Waals surface area contributed by atoms with E-state index in [9.17, 15) is 4.79 Å². The van der Waals surface area contributed by atoms with Gasteiger partial charge in [-0.2, -0.15) is 0 Å². The van der Waals surface area contributed by atoms with Crippen LogP contribution in [0.2, 0.25) is 0 Å². The van der Waals surface area contributed by atoms with Gasteiger partial charge in [0.2, 0.25) is 0 Å². The molecule has 110 valence electrons. The molecule has 1 heterocycles. The van der Waals surface area contributed by atoms with E-state index in [0.717, 1.165) is 27.9 Å². The molecule has 1 aromatic heterocycles. The maximum Gasteiger partial charge on any atom is 0.257 e. The molecular weight excluding hydrogens is 276 g/mol. The second-order valence-corrected chi connectivity index (χ2v) is 5.10. The molecule has 0 radical (unpaired) electrons. The zero-order chi connectivity index (χ0) is 15.5. The van der Waals surface area contributed by atoms with Crippen molar-refractivity contribution in [1.82, 2.24) is 4.98 Å². The zero-order valence-corrected chi connectivity index (χ0v) is 12.5. The molecule has 22 heavy (non-hydrogen) atoms. The second kappa shape index (κ2) is 5.85. The highest BCUT2D eigenvalue weighted by Crippen LogP contribution is 2.18. The number of aromatic nitrogens is 1. The van der Waals surface area contributed by atoms with Crippen molar-refractivity contribution >= 4 is 22.8 Å². The monoisotopic (exact) mass is 292 g/mol. The van der Waals surface area contributed by atoms with Gasteiger partial charge in [-0.15, -0.1) is 0 Å². The highest BCUT2D eigenvalue weighted by atomic mass is 16.5. The van der Waals surface area contributed by atoms with Crippen molar-refractivity contribution in [3.8, 4) is 5.75 Å². The summed E-state index contributed by atoms with van der Waals surface area (Å²) in [6.45, 7) is 2.02. The molecule has 0 aliphatic heterocycles. The molecular formula is C18H16N2O2. The maximum atomic E-state index is 12.1. The molecule has 0 unspecified atom stereocenters. The highest BCUT2D eigenvalue weighted by Gasteiger charge is 2.01. The van der Waals surface area contributed by atoms with Gasteiger partial charge < -0.3 is 9.72 Å². The van der Waals surface area contributed by atoms with Gasteiger partial charge in [-0.3, -0.25) is 9.79 Å². The van der Waals surface area contributed by atoms with E-state index < -0.39 is 0 Å². The molecule has 0 spiro atoms. The molecule has 4 heteroatoms. The Hall–Kier alpha value is -2.88. The molecule has 2 aromatic carbocycles. The second-order valence-electron chi connectivity index (χ2n) is 5.10. The lowest BCUT2D eigenvalue weighted by molar-refractivity contribution is 0.415. The van der Waals surface area contributed by atoms with E-state index in [4.69, 9.17) is 4.74 Å². The van der Waals surface area contributed by atoms with E-state index in [1.54, 1.807) is 13.3 Å². The Labute approximate surface area is 128 Å². The third-order valence-electron chi connectivity index (χ3n) is 3.45. The quantitative estimate of drug-likeness (QED) is 0.750. The number of nitrogens with zero attached hydrogens (tertiary/aromatic N) is 1. The fourth-order valence-electron chi connectivity index (χ4n) is 2.25. The first-order valence-electron chi connectivity index (χ1n) is 6.97. The molecule has 4 nitrogen and oxygen atoms in total. The summed E-state index contributed by atoms with van der Waals surface area (Å²) < 4.78 is 5.10. The molecule has 0 amide bonds. The molecule has 1 N–H and O–H groups in total. The van der Waals surface area contributed by atoms with Gasteiger partial charge in [0.15, 0.2) is 0 Å². The van der Waals surface area contributed by atoms with Crippen molar-refractivity contribution in [2.75, 3.05) is 7.11 Å². The lowest BCUT2D eigenvalue weighted by Crippen LogP contribution is -2.11. The summed E-state index contributed by atoms with van der Waals surface area (Å²) in [7, 11) is 1.62. The van der Waals surface area contributed by atoms with Crippen molar-refractivity contribution in [1.29, 1.82) is 0 Å². The van der Waals surface area contributed by atoms with Crippen LogP contribution in [0, 0.1) is 6.92 Å². The number of aliphatic imine (C=N–C) groups is 1. The summed E-state index contributed by atoms with van der Waals surface area (Å²) in [5.74, 6) is 0.776. The fourth-order valence-corrected chi connectivity index (χ4v) is 2.25. The Kier molecular flexibility index (Phi) is 3.74. The van der Waals surface area contributed by atoms with Crippen molar-refractivity contribution in [3.05, 3.63) is 70.0 Å². The number of rotatable bonds is 3. The highest BCUT2D eigenvalue weighted by molar-refractivity contribution is 5.88. The summed E-state index contributed by atoms with van der Waals surface area (Å²) in [6, 6.07) is 15.1. The topological polar surface area (TPSA) is 54.4 Å². The third-order valence-corrected chi connectivity index (χ3v) is 3.45. The molecule has 0 atom stereocenters. The maximum absolute atomic E-state index is 12.1. The molecule has 0 bridgehead atoms. The summed E-state index contributed by atoms with van der Waals surface area (Å²) in [5.41, 5.74) is 3.14. The van der Waals surface area contributed by atoms with E-state index in [-0.39, 0.29) is 5.56 Å². The number of aryl methyl sites for hydroxylation is 1. The first-order valence-corrected chi connectivity index (χ1v) is 6.97. The Morgan fingerprint density at radius 1 is 1.09 bits per heavy atom. The molecule has 0 aliphatic rings. The SMILES string of the molecule is COc1ccc(N=Cc2cc3cc(C)ccc3[nH]c2=O)cc1. The Morgan fingerprint density at radius 3 is 2.59 bits per heavy atom. The van der Waals surface area contributed by atoms with E-state index in [2.05, 4.69) is 9.98 Å². The van der Waals surface area contributed by atoms with Gasteiger partial charge in [0.1, 0.15) is 5.75 Å². The molecule has 0 fully saturated rings. The number of nitrogens with one attached hydrogen (secondary N) is 1. The summed E-state index contributed by atoms with van der Waals surface area (Å²) in [4.78, 5) is 19.3. The standard InChI is InChI=1S/C18H16N2O2/c1-12-3-8-17-13(9-12)10-14(18(21)20-17)11-19-15-4-6-16(22-2)7-5-15/h3-11H,1-2H3,(H,20,21). The van der Waals surface area contributed by atoms with Gasteiger partial charge in [-0.25, -0.2) is 0 Å². The fraction of sp³-hybridized carbons (Fsp3) is 0.111. The number of methoxy groups -OCH3 is 1. The lowest BCUT2D eigenvalue weighted by Gasteiger charge is -2.01.